The molecule has 4 heteroatoms. The molecule has 0 bridgehead atoms. The minimum Gasteiger partial charge on any atom is -0.376 e. The molecule has 0 saturated carbocycles. The topological polar surface area (TPSA) is 12.0 Å². The Bertz CT molecular complexity index is 554. The number of hydrogen-bond donors (Lipinski definition) is 1. The highest BCUT2D eigenvalue weighted by atomic mass is 19.2. The van der Waals surface area contributed by atoms with E-state index in [1.54, 1.807) is 25.1 Å². The summed E-state index contributed by atoms with van der Waals surface area (Å²) < 4.78 is 40.0. The van der Waals surface area contributed by atoms with Gasteiger partial charge in [-0.1, -0.05) is 24.3 Å². The highest BCUT2D eigenvalue weighted by molar-refractivity contribution is 5.47. The van der Waals surface area contributed by atoms with Crippen LogP contribution in [-0.4, -0.2) is 0 Å². The van der Waals surface area contributed by atoms with Gasteiger partial charge < -0.3 is 5.32 Å². The van der Waals surface area contributed by atoms with E-state index in [0.717, 1.165) is 6.07 Å². The van der Waals surface area contributed by atoms with Crippen LogP contribution in [0.25, 0.3) is 0 Å². The maximum atomic E-state index is 13.5. The van der Waals surface area contributed by atoms with Crippen LogP contribution in [0.1, 0.15) is 18.5 Å². The van der Waals surface area contributed by atoms with Crippen molar-refractivity contribution < 1.29 is 13.2 Å². The van der Waals surface area contributed by atoms with E-state index in [-0.39, 0.29) is 11.5 Å². The number of benzene rings is 2. The van der Waals surface area contributed by atoms with Gasteiger partial charge in [-0.05, 0) is 25.1 Å². The zero-order chi connectivity index (χ0) is 13.1. The van der Waals surface area contributed by atoms with Gasteiger partial charge in [-0.2, -0.15) is 0 Å². The summed E-state index contributed by atoms with van der Waals surface area (Å²) in [7, 11) is 0. The molecular formula is C14H12F3N. The largest absolute Gasteiger partial charge is 0.376 e. The van der Waals surface area contributed by atoms with Gasteiger partial charge >= 0.3 is 0 Å². The summed E-state index contributed by atoms with van der Waals surface area (Å²) in [6.07, 6.45) is 0. The molecule has 2 rings (SSSR count). The van der Waals surface area contributed by atoms with Crippen LogP contribution in [-0.2, 0) is 0 Å². The normalized spacial score (nSPS) is 12.2. The molecule has 0 aliphatic carbocycles. The average molecular weight is 251 g/mol. The van der Waals surface area contributed by atoms with Gasteiger partial charge in [-0.25, -0.2) is 13.2 Å². The van der Waals surface area contributed by atoms with Crippen LogP contribution in [0.4, 0.5) is 18.9 Å². The smallest absolute Gasteiger partial charge is 0.181 e. The lowest BCUT2D eigenvalue weighted by Gasteiger charge is -2.16. The van der Waals surface area contributed by atoms with Gasteiger partial charge in [0.15, 0.2) is 11.6 Å². The predicted molar refractivity (Wildman–Crippen MR) is 64.8 cm³/mol. The molecule has 0 aliphatic rings. The van der Waals surface area contributed by atoms with Gasteiger partial charge in [0.1, 0.15) is 5.82 Å². The molecule has 2 aromatic rings. The van der Waals surface area contributed by atoms with E-state index in [4.69, 9.17) is 0 Å². The van der Waals surface area contributed by atoms with E-state index >= 15 is 0 Å². The van der Waals surface area contributed by atoms with E-state index in [2.05, 4.69) is 5.32 Å². The second kappa shape index (κ2) is 5.12. The Kier molecular flexibility index (Phi) is 3.55. The Hall–Kier alpha value is -1.97. The molecule has 0 aliphatic heterocycles. The summed E-state index contributed by atoms with van der Waals surface area (Å²) >= 11 is 0. The molecule has 0 fully saturated rings. The standard InChI is InChI=1S/C14H12F3N/c1-9(10-5-2-3-6-11(10)15)18-13-8-4-7-12(16)14(13)17/h2-9,18H,1H3. The van der Waals surface area contributed by atoms with E-state index in [9.17, 15) is 13.2 Å². The first-order chi connectivity index (χ1) is 8.59. The van der Waals surface area contributed by atoms with Crippen molar-refractivity contribution in [2.45, 2.75) is 13.0 Å². The lowest BCUT2D eigenvalue weighted by atomic mass is 10.1. The van der Waals surface area contributed by atoms with E-state index in [1.165, 1.54) is 18.2 Å². The second-order valence-electron chi connectivity index (χ2n) is 3.99. The van der Waals surface area contributed by atoms with Gasteiger partial charge in [0.25, 0.3) is 0 Å². The van der Waals surface area contributed by atoms with Crippen LogP contribution in [0.2, 0.25) is 0 Å². The lowest BCUT2D eigenvalue weighted by Crippen LogP contribution is -2.10. The van der Waals surface area contributed by atoms with Gasteiger partial charge in [0.05, 0.1) is 11.7 Å². The third-order valence-electron chi connectivity index (χ3n) is 2.70. The number of hydrogen-bond acceptors (Lipinski definition) is 1. The average Bonchev–Trinajstić information content (AvgIpc) is 2.35. The Labute approximate surface area is 103 Å². The molecule has 1 unspecified atom stereocenters. The first-order valence-corrected chi connectivity index (χ1v) is 5.54. The number of anilines is 1. The molecule has 2 aromatic carbocycles. The molecule has 18 heavy (non-hydrogen) atoms. The van der Waals surface area contributed by atoms with Crippen molar-refractivity contribution in [3.05, 3.63) is 65.5 Å². The quantitative estimate of drug-likeness (QED) is 0.858. The summed E-state index contributed by atoms with van der Waals surface area (Å²) in [6.45, 7) is 1.68. The summed E-state index contributed by atoms with van der Waals surface area (Å²) in [5.41, 5.74) is 0.423. The second-order valence-corrected chi connectivity index (χ2v) is 3.99. The van der Waals surface area contributed by atoms with E-state index < -0.39 is 17.7 Å². The summed E-state index contributed by atoms with van der Waals surface area (Å²) in [5.74, 6) is -2.27. The van der Waals surface area contributed by atoms with Gasteiger partial charge in [0.2, 0.25) is 0 Å². The van der Waals surface area contributed by atoms with Crippen molar-refractivity contribution in [1.29, 1.82) is 0 Å². The molecular weight excluding hydrogens is 239 g/mol. The Morgan fingerprint density at radius 2 is 1.56 bits per heavy atom. The highest BCUT2D eigenvalue weighted by Gasteiger charge is 2.13. The fraction of sp³-hybridized carbons (Fsp3) is 0.143. The Balaban J connectivity index is 2.24. The zero-order valence-electron chi connectivity index (χ0n) is 9.75. The monoisotopic (exact) mass is 251 g/mol. The van der Waals surface area contributed by atoms with Crippen molar-refractivity contribution in [2.75, 3.05) is 5.32 Å². The highest BCUT2D eigenvalue weighted by Crippen LogP contribution is 2.24. The molecule has 0 aromatic heterocycles. The maximum absolute atomic E-state index is 13.5. The fourth-order valence-corrected chi connectivity index (χ4v) is 1.75. The molecule has 1 atom stereocenters. The molecule has 1 nitrogen and oxygen atoms in total. The first kappa shape index (κ1) is 12.5. The molecule has 94 valence electrons. The van der Waals surface area contributed by atoms with Crippen LogP contribution in [0.3, 0.4) is 0 Å². The minimum absolute atomic E-state index is 0.0192. The van der Waals surface area contributed by atoms with Gasteiger partial charge in [-0.3, -0.25) is 0 Å². The molecule has 0 spiro atoms. The maximum Gasteiger partial charge on any atom is 0.181 e. The van der Waals surface area contributed by atoms with E-state index in [0.29, 0.717) is 5.56 Å². The van der Waals surface area contributed by atoms with Gasteiger partial charge in [0, 0.05) is 5.56 Å². The predicted octanol–water partition coefficient (Wildman–Crippen LogP) is 4.28. The number of halogens is 3. The number of nitrogens with one attached hydrogen (secondary N) is 1. The Morgan fingerprint density at radius 1 is 0.889 bits per heavy atom. The van der Waals surface area contributed by atoms with Crippen LogP contribution >= 0.6 is 0 Å². The fourth-order valence-electron chi connectivity index (χ4n) is 1.75. The Morgan fingerprint density at radius 3 is 2.28 bits per heavy atom. The van der Waals surface area contributed by atoms with E-state index in [1.807, 2.05) is 0 Å². The molecule has 0 heterocycles. The van der Waals surface area contributed by atoms with Crippen LogP contribution in [0.5, 0.6) is 0 Å². The van der Waals surface area contributed by atoms with Crippen LogP contribution in [0.15, 0.2) is 42.5 Å². The number of rotatable bonds is 3. The minimum atomic E-state index is -0.958. The van der Waals surface area contributed by atoms with Crippen molar-refractivity contribution in [3.63, 3.8) is 0 Å². The molecule has 0 amide bonds. The SMILES string of the molecule is CC(Nc1cccc(F)c1F)c1ccccc1F. The van der Waals surface area contributed by atoms with Gasteiger partial charge in [-0.15, -0.1) is 0 Å². The third kappa shape index (κ3) is 2.47. The lowest BCUT2D eigenvalue weighted by molar-refractivity contribution is 0.509. The summed E-state index contributed by atoms with van der Waals surface area (Å²) in [5, 5.41) is 2.75. The van der Waals surface area contributed by atoms with Crippen molar-refractivity contribution >= 4 is 5.69 Å². The van der Waals surface area contributed by atoms with Crippen LogP contribution in [0, 0.1) is 17.5 Å². The van der Waals surface area contributed by atoms with Crippen molar-refractivity contribution in [3.8, 4) is 0 Å². The summed E-state index contributed by atoms with van der Waals surface area (Å²) in [6, 6.07) is 9.59. The molecule has 0 saturated heterocycles. The van der Waals surface area contributed by atoms with Crippen molar-refractivity contribution in [1.82, 2.24) is 0 Å². The summed E-state index contributed by atoms with van der Waals surface area (Å²) in [4.78, 5) is 0. The molecule has 1 N–H and O–H groups in total. The molecule has 0 radical (unpaired) electrons. The van der Waals surface area contributed by atoms with Crippen LogP contribution < -0.4 is 5.32 Å². The zero-order valence-corrected chi connectivity index (χ0v) is 9.75. The first-order valence-electron chi connectivity index (χ1n) is 5.54. The third-order valence-corrected chi connectivity index (χ3v) is 2.70. The van der Waals surface area contributed by atoms with Crippen molar-refractivity contribution in [2.24, 2.45) is 0 Å².